The molecule has 4 nitrogen and oxygen atoms in total. The number of rotatable bonds is 5. The molecule has 112 valence electrons. The van der Waals surface area contributed by atoms with Crippen molar-refractivity contribution in [2.24, 2.45) is 11.7 Å². The van der Waals surface area contributed by atoms with Crippen LogP contribution in [-0.2, 0) is 6.67 Å². The number of nitrogens with zero attached hydrogens (tertiary/aromatic N) is 1. The van der Waals surface area contributed by atoms with Crippen molar-refractivity contribution >= 4 is 0 Å². The number of alkyl halides is 1. The first kappa shape index (κ1) is 15.1. The molecule has 2 unspecified atom stereocenters. The summed E-state index contributed by atoms with van der Waals surface area (Å²) in [6, 6.07) is 3.82. The summed E-state index contributed by atoms with van der Waals surface area (Å²) < 4.78 is 23.9. The molecule has 2 atom stereocenters. The molecule has 1 fully saturated rings. The van der Waals surface area contributed by atoms with Crippen molar-refractivity contribution < 1.29 is 13.9 Å². The number of methoxy groups -OCH3 is 2. The molecule has 1 aromatic rings. The summed E-state index contributed by atoms with van der Waals surface area (Å²) in [5, 5.41) is 0. The summed E-state index contributed by atoms with van der Waals surface area (Å²) in [5.74, 6) is 1.68. The molecule has 0 aliphatic carbocycles. The first-order chi connectivity index (χ1) is 9.64. The lowest BCUT2D eigenvalue weighted by Crippen LogP contribution is -2.21. The fraction of sp³-hybridized carbons (Fsp3) is 0.600. The normalized spacial score (nSPS) is 23.1. The highest BCUT2D eigenvalue weighted by atomic mass is 19.1. The van der Waals surface area contributed by atoms with Gasteiger partial charge in [0.05, 0.1) is 14.2 Å². The molecule has 1 aliphatic heterocycles. The minimum absolute atomic E-state index is 0.189. The van der Waals surface area contributed by atoms with E-state index in [1.54, 1.807) is 20.3 Å². The third-order valence-electron chi connectivity index (χ3n) is 4.12. The lowest BCUT2D eigenvalue weighted by molar-refractivity contribution is 0.306. The molecular formula is C15H23FN2O2. The van der Waals surface area contributed by atoms with E-state index in [9.17, 15) is 4.39 Å². The molecule has 0 radical (unpaired) electrons. The van der Waals surface area contributed by atoms with Crippen molar-refractivity contribution in [3.63, 3.8) is 0 Å². The van der Waals surface area contributed by atoms with Crippen LogP contribution in [0.25, 0.3) is 0 Å². The highest BCUT2D eigenvalue weighted by Crippen LogP contribution is 2.40. The van der Waals surface area contributed by atoms with Crippen LogP contribution in [-0.4, -0.2) is 39.3 Å². The lowest BCUT2D eigenvalue weighted by atomic mass is 9.95. The van der Waals surface area contributed by atoms with E-state index in [4.69, 9.17) is 15.2 Å². The number of nitrogens with two attached hydrogens (primary N) is 1. The van der Waals surface area contributed by atoms with E-state index in [1.807, 2.05) is 6.07 Å². The van der Waals surface area contributed by atoms with E-state index in [0.29, 0.717) is 29.5 Å². The van der Waals surface area contributed by atoms with Gasteiger partial charge in [-0.05, 0) is 49.2 Å². The summed E-state index contributed by atoms with van der Waals surface area (Å²) in [4.78, 5) is 2.23. The van der Waals surface area contributed by atoms with Crippen molar-refractivity contribution in [3.05, 3.63) is 23.3 Å². The van der Waals surface area contributed by atoms with Crippen molar-refractivity contribution in [2.75, 3.05) is 34.4 Å². The Kier molecular flexibility index (Phi) is 4.83. The Bertz CT molecular complexity index is 467. The van der Waals surface area contributed by atoms with Gasteiger partial charge >= 0.3 is 0 Å². The minimum atomic E-state index is -0.507. The fourth-order valence-electron chi connectivity index (χ4n) is 3.00. The maximum Gasteiger partial charge on any atom is 0.161 e. The van der Waals surface area contributed by atoms with Crippen molar-refractivity contribution in [3.8, 4) is 11.5 Å². The second kappa shape index (κ2) is 6.41. The van der Waals surface area contributed by atoms with Crippen LogP contribution in [0.4, 0.5) is 4.39 Å². The lowest BCUT2D eigenvalue weighted by Gasteiger charge is -2.23. The third-order valence-corrected chi connectivity index (χ3v) is 4.12. The average Bonchev–Trinajstić information content (AvgIpc) is 2.86. The molecule has 5 heteroatoms. The first-order valence-electron chi connectivity index (χ1n) is 6.85. The van der Waals surface area contributed by atoms with Gasteiger partial charge in [0.15, 0.2) is 11.5 Å². The van der Waals surface area contributed by atoms with E-state index < -0.39 is 6.67 Å². The number of hydrogen-bond acceptors (Lipinski definition) is 4. The zero-order valence-electron chi connectivity index (χ0n) is 12.4. The zero-order chi connectivity index (χ0) is 14.7. The molecule has 1 aromatic carbocycles. The summed E-state index contributed by atoms with van der Waals surface area (Å²) in [6.45, 7) is 1.10. The van der Waals surface area contributed by atoms with Crippen molar-refractivity contribution in [1.82, 2.24) is 4.90 Å². The topological polar surface area (TPSA) is 47.7 Å². The smallest absolute Gasteiger partial charge is 0.161 e. The molecule has 20 heavy (non-hydrogen) atoms. The molecule has 0 amide bonds. The monoisotopic (exact) mass is 282 g/mol. The van der Waals surface area contributed by atoms with Crippen LogP contribution in [0.15, 0.2) is 12.1 Å². The SMILES string of the molecule is COc1cc(CF)c(C2CC(CN)CN2C)cc1OC. The maximum atomic E-state index is 13.4. The van der Waals surface area contributed by atoms with Crippen LogP contribution < -0.4 is 15.2 Å². The summed E-state index contributed by atoms with van der Waals surface area (Å²) in [7, 11) is 5.21. The van der Waals surface area contributed by atoms with Crippen LogP contribution in [0.5, 0.6) is 11.5 Å². The largest absolute Gasteiger partial charge is 0.493 e. The van der Waals surface area contributed by atoms with Crippen LogP contribution in [0.2, 0.25) is 0 Å². The van der Waals surface area contributed by atoms with Gasteiger partial charge in [-0.1, -0.05) is 0 Å². The Hall–Kier alpha value is -1.33. The summed E-state index contributed by atoms with van der Waals surface area (Å²) in [5.41, 5.74) is 7.40. The quantitative estimate of drug-likeness (QED) is 0.898. The van der Waals surface area contributed by atoms with E-state index in [1.165, 1.54) is 0 Å². The van der Waals surface area contributed by atoms with Gasteiger partial charge in [-0.25, -0.2) is 4.39 Å². The molecule has 0 spiro atoms. The number of hydrogen-bond donors (Lipinski definition) is 1. The van der Waals surface area contributed by atoms with Gasteiger partial charge in [-0.2, -0.15) is 0 Å². The second-order valence-corrected chi connectivity index (χ2v) is 5.33. The first-order valence-corrected chi connectivity index (χ1v) is 6.85. The van der Waals surface area contributed by atoms with Crippen molar-refractivity contribution in [2.45, 2.75) is 19.1 Å². The third kappa shape index (κ3) is 2.74. The summed E-state index contributed by atoms with van der Waals surface area (Å²) in [6.07, 6.45) is 0.954. The predicted molar refractivity (Wildman–Crippen MR) is 76.9 cm³/mol. The Morgan fingerprint density at radius 2 is 1.95 bits per heavy atom. The maximum absolute atomic E-state index is 13.4. The summed E-state index contributed by atoms with van der Waals surface area (Å²) >= 11 is 0. The Morgan fingerprint density at radius 3 is 2.45 bits per heavy atom. The highest BCUT2D eigenvalue weighted by Gasteiger charge is 2.31. The molecule has 0 aromatic heterocycles. The molecule has 1 saturated heterocycles. The number of likely N-dealkylation sites (tertiary alicyclic amines) is 1. The minimum Gasteiger partial charge on any atom is -0.493 e. The van der Waals surface area contributed by atoms with Crippen LogP contribution in [0.3, 0.4) is 0 Å². The number of benzene rings is 1. The molecule has 0 bridgehead atoms. The Balaban J connectivity index is 2.39. The standard InChI is InChI=1S/C15H23FN2O2/c1-18-9-10(8-17)4-13(18)12-6-15(20-3)14(19-2)5-11(12)7-16/h5-6,10,13H,4,7-9,17H2,1-3H3. The van der Waals surface area contributed by atoms with Gasteiger partial charge in [0.25, 0.3) is 0 Å². The van der Waals surface area contributed by atoms with E-state index in [-0.39, 0.29) is 6.04 Å². The zero-order valence-corrected chi connectivity index (χ0v) is 12.4. The predicted octanol–water partition coefficient (Wildman–Crippen LogP) is 2.12. The molecule has 2 rings (SSSR count). The van der Waals surface area contributed by atoms with Crippen LogP contribution >= 0.6 is 0 Å². The van der Waals surface area contributed by atoms with Crippen molar-refractivity contribution in [1.29, 1.82) is 0 Å². The Morgan fingerprint density at radius 1 is 1.30 bits per heavy atom. The van der Waals surface area contributed by atoms with Gasteiger partial charge in [0, 0.05) is 12.6 Å². The van der Waals surface area contributed by atoms with Gasteiger partial charge < -0.3 is 15.2 Å². The molecule has 0 saturated carbocycles. The highest BCUT2D eigenvalue weighted by molar-refractivity contribution is 5.48. The van der Waals surface area contributed by atoms with E-state index in [2.05, 4.69) is 11.9 Å². The van der Waals surface area contributed by atoms with E-state index in [0.717, 1.165) is 18.5 Å². The van der Waals surface area contributed by atoms with Gasteiger partial charge in [0.2, 0.25) is 0 Å². The van der Waals surface area contributed by atoms with Gasteiger partial charge in [-0.15, -0.1) is 0 Å². The van der Waals surface area contributed by atoms with Gasteiger partial charge in [0.1, 0.15) is 6.67 Å². The fourth-order valence-corrected chi connectivity index (χ4v) is 3.00. The molecular weight excluding hydrogens is 259 g/mol. The van der Waals surface area contributed by atoms with E-state index >= 15 is 0 Å². The number of halogens is 1. The Labute approximate surface area is 119 Å². The molecule has 1 aliphatic rings. The average molecular weight is 282 g/mol. The van der Waals surface area contributed by atoms with Crippen LogP contribution in [0.1, 0.15) is 23.6 Å². The second-order valence-electron chi connectivity index (χ2n) is 5.33. The van der Waals surface area contributed by atoms with Crippen LogP contribution in [0, 0.1) is 5.92 Å². The molecule has 2 N–H and O–H groups in total. The number of ether oxygens (including phenoxy) is 2. The molecule has 1 heterocycles. The van der Waals surface area contributed by atoms with Gasteiger partial charge in [-0.3, -0.25) is 4.90 Å².